The van der Waals surface area contributed by atoms with Crippen molar-refractivity contribution in [2.45, 2.75) is 24.7 Å². The second-order valence-corrected chi connectivity index (χ2v) is 12.6. The maximum absolute atomic E-state index is 12.9. The molecule has 13 heteroatoms. The van der Waals surface area contributed by atoms with Gasteiger partial charge in [0.25, 0.3) is 10.0 Å². The molecule has 0 heterocycles. The number of halogens is 1. The fourth-order valence-corrected chi connectivity index (χ4v) is 5.98. The van der Waals surface area contributed by atoms with Crippen LogP contribution in [0.5, 0.6) is 11.5 Å². The number of sulfonamides is 2. The summed E-state index contributed by atoms with van der Waals surface area (Å²) in [5.41, 5.74) is 1.81. The van der Waals surface area contributed by atoms with E-state index in [0.717, 1.165) is 11.8 Å². The Morgan fingerprint density at radius 2 is 1.64 bits per heavy atom. The molecule has 3 rings (SSSR count). The predicted octanol–water partition coefficient (Wildman–Crippen LogP) is 4.65. The van der Waals surface area contributed by atoms with Crippen LogP contribution in [0.25, 0.3) is 0 Å². The fraction of sp³-hybridized carbons (Fsp3) is 0.269. The first kappa shape index (κ1) is 30.1. The quantitative estimate of drug-likeness (QED) is 0.311. The molecule has 0 aliphatic rings. The van der Waals surface area contributed by atoms with E-state index in [1.807, 2.05) is 0 Å². The molecule has 1 amide bonds. The van der Waals surface area contributed by atoms with Crippen LogP contribution in [0.2, 0.25) is 5.02 Å². The van der Waals surface area contributed by atoms with Crippen LogP contribution in [0, 0.1) is 6.92 Å². The molecule has 10 nitrogen and oxygen atoms in total. The van der Waals surface area contributed by atoms with Gasteiger partial charge in [0, 0.05) is 29.7 Å². The van der Waals surface area contributed by atoms with Gasteiger partial charge in [-0.05, 0) is 67.4 Å². The molecule has 0 atom stereocenters. The van der Waals surface area contributed by atoms with Crippen molar-refractivity contribution < 1.29 is 31.1 Å². The molecular formula is C26H30ClN3O7S2. The molecule has 39 heavy (non-hydrogen) atoms. The highest BCUT2D eigenvalue weighted by molar-refractivity contribution is 7.92. The first-order chi connectivity index (χ1) is 18.3. The lowest BCUT2D eigenvalue weighted by molar-refractivity contribution is -0.116. The topological polar surface area (TPSA) is 131 Å². The van der Waals surface area contributed by atoms with Crippen molar-refractivity contribution in [3.05, 3.63) is 71.2 Å². The number of methoxy groups -OCH3 is 2. The number of hydrogen-bond donors (Lipinski definition) is 2. The summed E-state index contributed by atoms with van der Waals surface area (Å²) in [5.74, 6) is 0.429. The predicted molar refractivity (Wildman–Crippen MR) is 153 cm³/mol. The molecule has 3 aromatic rings. The van der Waals surface area contributed by atoms with E-state index in [1.54, 1.807) is 37.3 Å². The number of hydrogen-bond acceptors (Lipinski definition) is 7. The number of carbonyl (C=O) groups excluding carboxylic acids is 1. The maximum atomic E-state index is 12.9. The first-order valence-electron chi connectivity index (χ1n) is 11.7. The summed E-state index contributed by atoms with van der Waals surface area (Å²) in [5, 5.41) is 3.10. The average molecular weight is 596 g/mol. The van der Waals surface area contributed by atoms with Gasteiger partial charge in [-0.1, -0.05) is 17.7 Å². The molecule has 0 saturated heterocycles. The standard InChI is InChI=1S/C26H30ClN3O7S2/c1-18-7-8-19(27)16-24(18)30(38(4,32)33)15-5-6-26(31)28-20-9-12-22(13-10-20)39(34,35)29-23-17-21(36-2)11-14-25(23)37-3/h7-14,16-17,29H,5-6,15H2,1-4H3,(H,28,31). The first-order valence-corrected chi connectivity index (χ1v) is 15.4. The molecule has 2 N–H and O–H groups in total. The molecule has 0 aromatic heterocycles. The highest BCUT2D eigenvalue weighted by Crippen LogP contribution is 2.31. The summed E-state index contributed by atoms with van der Waals surface area (Å²) < 4.78 is 64.6. The number of amides is 1. The van der Waals surface area contributed by atoms with Gasteiger partial charge in [-0.2, -0.15) is 0 Å². The Hall–Kier alpha value is -3.48. The van der Waals surface area contributed by atoms with Gasteiger partial charge in [0.05, 0.1) is 36.7 Å². The number of ether oxygens (including phenoxy) is 2. The lowest BCUT2D eigenvalue weighted by atomic mass is 10.2. The van der Waals surface area contributed by atoms with E-state index in [9.17, 15) is 21.6 Å². The number of aryl methyl sites for hydroxylation is 1. The number of rotatable bonds is 12. The molecule has 0 spiro atoms. The number of anilines is 3. The molecule has 0 aliphatic heterocycles. The Balaban J connectivity index is 1.63. The smallest absolute Gasteiger partial charge is 0.262 e. The SMILES string of the molecule is COc1ccc(OC)c(NS(=O)(=O)c2ccc(NC(=O)CCCN(c3cc(Cl)ccc3C)S(C)(=O)=O)cc2)c1. The highest BCUT2D eigenvalue weighted by Gasteiger charge is 2.20. The largest absolute Gasteiger partial charge is 0.497 e. The summed E-state index contributed by atoms with van der Waals surface area (Å²) >= 11 is 6.05. The Morgan fingerprint density at radius 3 is 2.26 bits per heavy atom. The monoisotopic (exact) mass is 595 g/mol. The van der Waals surface area contributed by atoms with Gasteiger partial charge in [-0.3, -0.25) is 13.8 Å². The van der Waals surface area contributed by atoms with Crippen molar-refractivity contribution >= 4 is 54.6 Å². The van der Waals surface area contributed by atoms with Gasteiger partial charge in [-0.15, -0.1) is 0 Å². The zero-order chi connectivity index (χ0) is 28.8. The molecule has 0 bridgehead atoms. The molecule has 0 saturated carbocycles. The van der Waals surface area contributed by atoms with Crippen molar-refractivity contribution in [1.29, 1.82) is 0 Å². The maximum Gasteiger partial charge on any atom is 0.262 e. The van der Waals surface area contributed by atoms with Crippen molar-refractivity contribution in [2.24, 2.45) is 0 Å². The molecule has 0 radical (unpaired) electrons. The van der Waals surface area contributed by atoms with E-state index in [4.69, 9.17) is 21.1 Å². The third-order valence-corrected chi connectivity index (χ3v) is 8.50. The Morgan fingerprint density at radius 1 is 0.949 bits per heavy atom. The minimum absolute atomic E-state index is 0.0222. The zero-order valence-electron chi connectivity index (χ0n) is 21.9. The number of benzene rings is 3. The summed E-state index contributed by atoms with van der Waals surface area (Å²) in [6, 6.07) is 15.4. The van der Waals surface area contributed by atoms with Crippen molar-refractivity contribution in [2.75, 3.05) is 41.4 Å². The minimum Gasteiger partial charge on any atom is -0.497 e. The van der Waals surface area contributed by atoms with Gasteiger partial charge in [0.1, 0.15) is 11.5 Å². The van der Waals surface area contributed by atoms with E-state index in [2.05, 4.69) is 10.0 Å². The number of nitrogens with one attached hydrogen (secondary N) is 2. The van der Waals surface area contributed by atoms with E-state index in [0.29, 0.717) is 27.9 Å². The van der Waals surface area contributed by atoms with Crippen LogP contribution in [-0.4, -0.2) is 49.8 Å². The van der Waals surface area contributed by atoms with Gasteiger partial charge >= 0.3 is 0 Å². The normalized spacial score (nSPS) is 11.5. The average Bonchev–Trinajstić information content (AvgIpc) is 2.87. The molecule has 3 aromatic carbocycles. The molecular weight excluding hydrogens is 566 g/mol. The summed E-state index contributed by atoms with van der Waals surface area (Å²) in [6.07, 6.45) is 1.40. The van der Waals surface area contributed by atoms with Crippen molar-refractivity contribution in [1.82, 2.24) is 0 Å². The van der Waals surface area contributed by atoms with Crippen LogP contribution in [0.3, 0.4) is 0 Å². The van der Waals surface area contributed by atoms with Crippen molar-refractivity contribution in [3.8, 4) is 11.5 Å². The summed E-state index contributed by atoms with van der Waals surface area (Å²) in [6.45, 7) is 1.87. The lowest BCUT2D eigenvalue weighted by Crippen LogP contribution is -2.32. The third-order valence-electron chi connectivity index (χ3n) is 5.70. The van der Waals surface area contributed by atoms with E-state index < -0.39 is 20.0 Å². The summed E-state index contributed by atoms with van der Waals surface area (Å²) in [7, 11) is -4.66. The van der Waals surface area contributed by atoms with Gasteiger partial charge in [0.2, 0.25) is 15.9 Å². The number of nitrogens with zero attached hydrogens (tertiary/aromatic N) is 1. The lowest BCUT2D eigenvalue weighted by Gasteiger charge is -2.24. The second kappa shape index (κ2) is 12.6. The highest BCUT2D eigenvalue weighted by atomic mass is 35.5. The van der Waals surface area contributed by atoms with Crippen LogP contribution in [0.4, 0.5) is 17.1 Å². The fourth-order valence-electron chi connectivity index (χ4n) is 3.74. The third kappa shape index (κ3) is 8.01. The van der Waals surface area contributed by atoms with E-state index in [-0.39, 0.29) is 35.9 Å². The van der Waals surface area contributed by atoms with Crippen LogP contribution in [0.15, 0.2) is 65.6 Å². The molecule has 0 aliphatic carbocycles. The van der Waals surface area contributed by atoms with Crippen LogP contribution in [-0.2, 0) is 24.8 Å². The Bertz CT molecular complexity index is 1540. The van der Waals surface area contributed by atoms with Crippen LogP contribution < -0.4 is 23.8 Å². The van der Waals surface area contributed by atoms with Crippen molar-refractivity contribution in [3.63, 3.8) is 0 Å². The zero-order valence-corrected chi connectivity index (χ0v) is 24.3. The van der Waals surface area contributed by atoms with E-state index in [1.165, 1.54) is 48.9 Å². The van der Waals surface area contributed by atoms with Gasteiger partial charge in [0.15, 0.2) is 0 Å². The summed E-state index contributed by atoms with van der Waals surface area (Å²) in [4.78, 5) is 12.5. The molecule has 0 unspecified atom stereocenters. The minimum atomic E-state index is -3.96. The van der Waals surface area contributed by atoms with Gasteiger partial charge in [-0.25, -0.2) is 16.8 Å². The van der Waals surface area contributed by atoms with E-state index >= 15 is 0 Å². The Kier molecular flexibility index (Phi) is 9.70. The van der Waals surface area contributed by atoms with Crippen LogP contribution >= 0.6 is 11.6 Å². The molecule has 0 fully saturated rings. The Labute approximate surface area is 234 Å². The molecule has 210 valence electrons. The second-order valence-electron chi connectivity index (χ2n) is 8.61. The van der Waals surface area contributed by atoms with Crippen LogP contribution in [0.1, 0.15) is 18.4 Å². The number of carbonyl (C=O) groups is 1. The van der Waals surface area contributed by atoms with Gasteiger partial charge < -0.3 is 14.8 Å².